The van der Waals surface area contributed by atoms with Crippen LogP contribution in [0.2, 0.25) is 0 Å². The van der Waals surface area contributed by atoms with E-state index in [0.29, 0.717) is 0 Å². The summed E-state index contributed by atoms with van der Waals surface area (Å²) in [6, 6.07) is 24.3. The van der Waals surface area contributed by atoms with E-state index < -0.39 is 0 Å². The van der Waals surface area contributed by atoms with Crippen LogP contribution in [-0.4, -0.2) is 7.11 Å². The van der Waals surface area contributed by atoms with Gasteiger partial charge in [0.2, 0.25) is 0 Å². The highest BCUT2D eigenvalue weighted by molar-refractivity contribution is 5.83. The molecular weight excluding hydrogens is 258 g/mol. The minimum Gasteiger partial charge on any atom is -0.495 e. The van der Waals surface area contributed by atoms with Gasteiger partial charge in [-0.05, 0) is 23.3 Å². The van der Waals surface area contributed by atoms with Gasteiger partial charge in [0.15, 0.2) is 0 Å². The molecule has 0 aliphatic rings. The molecule has 0 bridgehead atoms. The summed E-state index contributed by atoms with van der Waals surface area (Å²) in [6.45, 7) is 0. The number of para-hydroxylation sites is 1. The maximum absolute atomic E-state index is 5.90. The highest BCUT2D eigenvalue weighted by Crippen LogP contribution is 2.39. The first kappa shape index (κ1) is 13.3. The smallest absolute Gasteiger partial charge is 0.134 e. The van der Waals surface area contributed by atoms with Crippen molar-refractivity contribution in [2.45, 2.75) is 0 Å². The van der Waals surface area contributed by atoms with Crippen LogP contribution in [0.1, 0.15) is 0 Å². The fourth-order valence-electron chi connectivity index (χ4n) is 2.54. The summed E-state index contributed by atoms with van der Waals surface area (Å²) >= 11 is 0. The first-order chi connectivity index (χ1) is 10.3. The number of benzene rings is 3. The Balaban J connectivity index is 2.19. The topological polar surface area (TPSA) is 35.2 Å². The summed E-state index contributed by atoms with van der Waals surface area (Å²) in [4.78, 5) is 0. The van der Waals surface area contributed by atoms with Crippen LogP contribution in [0.5, 0.6) is 5.75 Å². The molecule has 0 heterocycles. The third kappa shape index (κ3) is 2.61. The third-order valence-corrected chi connectivity index (χ3v) is 3.50. The molecular formula is C19H17NO. The highest BCUT2D eigenvalue weighted by atomic mass is 16.5. The van der Waals surface area contributed by atoms with Crippen molar-refractivity contribution in [2.24, 2.45) is 0 Å². The molecule has 21 heavy (non-hydrogen) atoms. The van der Waals surface area contributed by atoms with Gasteiger partial charge in [0.05, 0.1) is 7.11 Å². The lowest BCUT2D eigenvalue weighted by Crippen LogP contribution is -1.92. The van der Waals surface area contributed by atoms with E-state index in [1.165, 1.54) is 0 Å². The van der Waals surface area contributed by atoms with E-state index in [4.69, 9.17) is 10.5 Å². The first-order valence-corrected chi connectivity index (χ1v) is 6.88. The maximum Gasteiger partial charge on any atom is 0.134 e. The summed E-state index contributed by atoms with van der Waals surface area (Å²) in [5, 5.41) is 0. The van der Waals surface area contributed by atoms with Crippen LogP contribution in [0.15, 0.2) is 72.8 Å². The van der Waals surface area contributed by atoms with Gasteiger partial charge in [-0.25, -0.2) is 0 Å². The normalized spacial score (nSPS) is 10.3. The van der Waals surface area contributed by atoms with Crippen molar-refractivity contribution in [1.29, 1.82) is 0 Å². The van der Waals surface area contributed by atoms with E-state index in [9.17, 15) is 0 Å². The van der Waals surface area contributed by atoms with Crippen LogP contribution in [-0.2, 0) is 0 Å². The molecule has 3 rings (SSSR count). The molecule has 0 aliphatic heterocycles. The van der Waals surface area contributed by atoms with E-state index in [-0.39, 0.29) is 0 Å². The van der Waals surface area contributed by atoms with Crippen LogP contribution in [0.4, 0.5) is 5.69 Å². The number of anilines is 1. The zero-order valence-electron chi connectivity index (χ0n) is 11.9. The third-order valence-electron chi connectivity index (χ3n) is 3.50. The zero-order valence-corrected chi connectivity index (χ0v) is 11.9. The van der Waals surface area contributed by atoms with Crippen LogP contribution in [0.25, 0.3) is 22.3 Å². The quantitative estimate of drug-likeness (QED) is 0.708. The lowest BCUT2D eigenvalue weighted by Gasteiger charge is -2.14. The first-order valence-electron chi connectivity index (χ1n) is 6.88. The van der Waals surface area contributed by atoms with E-state index >= 15 is 0 Å². The fraction of sp³-hybridized carbons (Fsp3) is 0.0526. The van der Waals surface area contributed by atoms with E-state index in [2.05, 4.69) is 24.3 Å². The minimum absolute atomic E-state index is 0.750. The molecule has 0 unspecified atom stereocenters. The van der Waals surface area contributed by atoms with Crippen LogP contribution < -0.4 is 10.5 Å². The van der Waals surface area contributed by atoms with Gasteiger partial charge < -0.3 is 10.5 Å². The summed E-state index contributed by atoms with van der Waals surface area (Å²) in [6.07, 6.45) is 0. The Morgan fingerprint density at radius 3 is 2.00 bits per heavy atom. The average molecular weight is 275 g/mol. The molecule has 0 amide bonds. The molecule has 0 saturated carbocycles. The van der Waals surface area contributed by atoms with Gasteiger partial charge in [0.25, 0.3) is 0 Å². The van der Waals surface area contributed by atoms with Gasteiger partial charge in [-0.1, -0.05) is 60.7 Å². The summed E-state index contributed by atoms with van der Waals surface area (Å²) < 4.78 is 5.68. The summed E-state index contributed by atoms with van der Waals surface area (Å²) in [7, 11) is 1.71. The predicted octanol–water partition coefficient (Wildman–Crippen LogP) is 4.61. The second kappa shape index (κ2) is 5.71. The molecule has 0 aliphatic carbocycles. The van der Waals surface area contributed by atoms with Crippen molar-refractivity contribution in [3.63, 3.8) is 0 Å². The van der Waals surface area contributed by atoms with Crippen LogP contribution in [0.3, 0.4) is 0 Å². The Hall–Kier alpha value is -2.74. The molecule has 0 atom stereocenters. The highest BCUT2D eigenvalue weighted by Gasteiger charge is 2.12. The Labute approximate surface area is 124 Å². The molecule has 2 heteroatoms. The molecule has 104 valence electrons. The Bertz CT molecular complexity index is 751. The van der Waals surface area contributed by atoms with E-state index in [1.54, 1.807) is 7.11 Å². The van der Waals surface area contributed by atoms with Gasteiger partial charge in [-0.2, -0.15) is 0 Å². The van der Waals surface area contributed by atoms with E-state index in [0.717, 1.165) is 33.7 Å². The number of nitrogens with two attached hydrogens (primary N) is 1. The van der Waals surface area contributed by atoms with Crippen molar-refractivity contribution in [3.05, 3.63) is 72.8 Å². The lowest BCUT2D eigenvalue weighted by molar-refractivity contribution is 0.418. The van der Waals surface area contributed by atoms with Crippen molar-refractivity contribution < 1.29 is 4.74 Å². The second-order valence-corrected chi connectivity index (χ2v) is 4.88. The van der Waals surface area contributed by atoms with Gasteiger partial charge in [-0.15, -0.1) is 0 Å². The van der Waals surface area contributed by atoms with Crippen LogP contribution >= 0.6 is 0 Å². The van der Waals surface area contributed by atoms with Gasteiger partial charge in [0.1, 0.15) is 5.75 Å². The molecule has 0 saturated heterocycles. The monoisotopic (exact) mass is 275 g/mol. The molecule has 2 nitrogen and oxygen atoms in total. The second-order valence-electron chi connectivity index (χ2n) is 4.88. The largest absolute Gasteiger partial charge is 0.495 e. The number of hydrogen-bond acceptors (Lipinski definition) is 2. The molecule has 2 N–H and O–H groups in total. The molecule has 3 aromatic rings. The van der Waals surface area contributed by atoms with Crippen molar-refractivity contribution >= 4 is 5.69 Å². The van der Waals surface area contributed by atoms with Gasteiger partial charge >= 0.3 is 0 Å². The molecule has 0 spiro atoms. The molecule has 0 aromatic heterocycles. The Kier molecular flexibility index (Phi) is 3.61. The molecule has 0 fully saturated rings. The summed E-state index contributed by atoms with van der Waals surface area (Å²) in [5.41, 5.74) is 11.0. The van der Waals surface area contributed by atoms with Gasteiger partial charge in [-0.3, -0.25) is 0 Å². The zero-order chi connectivity index (χ0) is 14.7. The number of methoxy groups -OCH3 is 1. The SMILES string of the molecule is COc1c(-c2ccccc2)cccc1-c1cccc(N)c1. The lowest BCUT2D eigenvalue weighted by atomic mass is 9.97. The molecule has 3 aromatic carbocycles. The van der Waals surface area contributed by atoms with E-state index in [1.807, 2.05) is 48.5 Å². The Morgan fingerprint density at radius 2 is 1.33 bits per heavy atom. The molecule has 0 radical (unpaired) electrons. The number of nitrogen functional groups attached to an aromatic ring is 1. The fourth-order valence-corrected chi connectivity index (χ4v) is 2.54. The van der Waals surface area contributed by atoms with Crippen molar-refractivity contribution in [2.75, 3.05) is 12.8 Å². The summed E-state index contributed by atoms with van der Waals surface area (Å²) in [5.74, 6) is 0.870. The maximum atomic E-state index is 5.90. The number of rotatable bonds is 3. The van der Waals surface area contributed by atoms with Crippen LogP contribution in [0, 0.1) is 0 Å². The average Bonchev–Trinajstić information content (AvgIpc) is 2.55. The number of ether oxygens (including phenoxy) is 1. The van der Waals surface area contributed by atoms with Crippen molar-refractivity contribution in [1.82, 2.24) is 0 Å². The van der Waals surface area contributed by atoms with Crippen molar-refractivity contribution in [3.8, 4) is 28.0 Å². The number of hydrogen-bond donors (Lipinski definition) is 1. The Morgan fingerprint density at radius 1 is 0.714 bits per heavy atom. The van der Waals surface area contributed by atoms with Gasteiger partial charge in [0, 0.05) is 16.8 Å². The predicted molar refractivity (Wildman–Crippen MR) is 88.3 cm³/mol. The minimum atomic E-state index is 0.750. The standard InChI is InChI=1S/C19H17NO/c1-21-19-17(14-7-3-2-4-8-14)11-6-12-18(19)15-9-5-10-16(20)13-15/h2-13H,20H2,1H3.